The summed E-state index contributed by atoms with van der Waals surface area (Å²) in [7, 11) is 0. The molecular weight excluding hydrogens is 244 g/mol. The van der Waals surface area contributed by atoms with Crippen molar-refractivity contribution >= 4 is 11.9 Å². The fourth-order valence-corrected chi connectivity index (χ4v) is 1.62. The van der Waals surface area contributed by atoms with Crippen molar-refractivity contribution in [1.29, 1.82) is 0 Å². The Hall–Kier alpha value is -1.06. The number of unbranched alkanes of at least 4 members (excludes halogenated alkanes) is 3. The van der Waals surface area contributed by atoms with Crippen LogP contribution in [0.1, 0.15) is 72.1 Å². The van der Waals surface area contributed by atoms with Crippen LogP contribution >= 0.6 is 0 Å². The fourth-order valence-electron chi connectivity index (χ4n) is 1.62. The standard InChI is InChI=1S/C15H28O4/c1-4-7-9-11-18-15(17)12-13(6-3)19-14(16)10-8-5-2/h13H,4-12H2,1-3H3. The van der Waals surface area contributed by atoms with E-state index in [2.05, 4.69) is 6.92 Å². The molecule has 1 atom stereocenters. The van der Waals surface area contributed by atoms with E-state index in [9.17, 15) is 9.59 Å². The van der Waals surface area contributed by atoms with Crippen molar-refractivity contribution in [1.82, 2.24) is 0 Å². The number of ether oxygens (including phenoxy) is 2. The molecule has 0 aromatic heterocycles. The molecule has 4 heteroatoms. The molecule has 0 aliphatic carbocycles. The quantitative estimate of drug-likeness (QED) is 0.426. The Morgan fingerprint density at radius 1 is 0.947 bits per heavy atom. The molecule has 0 saturated heterocycles. The maximum Gasteiger partial charge on any atom is 0.309 e. The average molecular weight is 272 g/mol. The fraction of sp³-hybridized carbons (Fsp3) is 0.867. The number of hydrogen-bond acceptors (Lipinski definition) is 4. The van der Waals surface area contributed by atoms with Gasteiger partial charge in [0.1, 0.15) is 6.10 Å². The zero-order valence-corrected chi connectivity index (χ0v) is 12.6. The van der Waals surface area contributed by atoms with Crippen LogP contribution in [0.15, 0.2) is 0 Å². The first-order chi connectivity index (χ1) is 9.13. The van der Waals surface area contributed by atoms with E-state index in [1.54, 1.807) is 0 Å². The van der Waals surface area contributed by atoms with Gasteiger partial charge in [-0.2, -0.15) is 0 Å². The highest BCUT2D eigenvalue weighted by Gasteiger charge is 2.17. The summed E-state index contributed by atoms with van der Waals surface area (Å²) in [6, 6.07) is 0. The second-order valence-electron chi connectivity index (χ2n) is 4.76. The molecule has 0 radical (unpaired) electrons. The Morgan fingerprint density at radius 3 is 2.21 bits per heavy atom. The molecule has 112 valence electrons. The maximum atomic E-state index is 11.6. The van der Waals surface area contributed by atoms with E-state index < -0.39 is 0 Å². The zero-order chi connectivity index (χ0) is 14.5. The van der Waals surface area contributed by atoms with Crippen LogP contribution in [-0.4, -0.2) is 24.6 Å². The number of hydrogen-bond donors (Lipinski definition) is 0. The van der Waals surface area contributed by atoms with E-state index in [1.807, 2.05) is 13.8 Å². The van der Waals surface area contributed by atoms with Gasteiger partial charge in [0.2, 0.25) is 0 Å². The molecular formula is C15H28O4. The summed E-state index contributed by atoms with van der Waals surface area (Å²) in [6.07, 6.45) is 5.75. The first kappa shape index (κ1) is 17.9. The zero-order valence-electron chi connectivity index (χ0n) is 12.6. The molecule has 0 aromatic rings. The van der Waals surface area contributed by atoms with Gasteiger partial charge in [-0.3, -0.25) is 9.59 Å². The number of carbonyl (C=O) groups is 2. The molecule has 0 fully saturated rings. The van der Waals surface area contributed by atoms with Gasteiger partial charge in [0.15, 0.2) is 0 Å². The van der Waals surface area contributed by atoms with E-state index in [4.69, 9.17) is 9.47 Å². The summed E-state index contributed by atoms with van der Waals surface area (Å²) >= 11 is 0. The molecule has 0 amide bonds. The van der Waals surface area contributed by atoms with Crippen molar-refractivity contribution in [2.24, 2.45) is 0 Å². The molecule has 0 heterocycles. The Labute approximate surface area is 116 Å². The van der Waals surface area contributed by atoms with Crippen molar-refractivity contribution in [3.8, 4) is 0 Å². The normalized spacial score (nSPS) is 11.9. The molecule has 0 saturated carbocycles. The van der Waals surface area contributed by atoms with Gasteiger partial charge in [0, 0.05) is 6.42 Å². The lowest BCUT2D eigenvalue weighted by Gasteiger charge is -2.15. The Morgan fingerprint density at radius 2 is 1.63 bits per heavy atom. The highest BCUT2D eigenvalue weighted by Crippen LogP contribution is 2.08. The third kappa shape index (κ3) is 10.5. The van der Waals surface area contributed by atoms with E-state index in [-0.39, 0.29) is 24.5 Å². The molecule has 0 bridgehead atoms. The van der Waals surface area contributed by atoms with Gasteiger partial charge < -0.3 is 9.47 Å². The number of esters is 2. The third-order valence-electron chi connectivity index (χ3n) is 2.89. The summed E-state index contributed by atoms with van der Waals surface area (Å²) in [4.78, 5) is 23.0. The molecule has 0 aromatic carbocycles. The van der Waals surface area contributed by atoms with Gasteiger partial charge in [0.25, 0.3) is 0 Å². The van der Waals surface area contributed by atoms with E-state index in [1.165, 1.54) is 0 Å². The van der Waals surface area contributed by atoms with Gasteiger partial charge >= 0.3 is 11.9 Å². The predicted octanol–water partition coefficient (Wildman–Crippen LogP) is 3.62. The van der Waals surface area contributed by atoms with Crippen LogP contribution < -0.4 is 0 Å². The third-order valence-corrected chi connectivity index (χ3v) is 2.89. The highest BCUT2D eigenvalue weighted by atomic mass is 16.6. The summed E-state index contributed by atoms with van der Waals surface area (Å²) in [5.74, 6) is -0.487. The van der Waals surface area contributed by atoms with Crippen molar-refractivity contribution < 1.29 is 19.1 Å². The van der Waals surface area contributed by atoms with Gasteiger partial charge in [-0.25, -0.2) is 0 Å². The van der Waals surface area contributed by atoms with Crippen LogP contribution in [0.3, 0.4) is 0 Å². The lowest BCUT2D eigenvalue weighted by atomic mass is 10.2. The first-order valence-electron chi connectivity index (χ1n) is 7.49. The molecule has 0 spiro atoms. The van der Waals surface area contributed by atoms with Crippen LogP contribution in [0.25, 0.3) is 0 Å². The number of rotatable bonds is 11. The molecule has 0 aliphatic heterocycles. The van der Waals surface area contributed by atoms with E-state index in [0.29, 0.717) is 19.4 Å². The minimum absolute atomic E-state index is 0.167. The van der Waals surface area contributed by atoms with E-state index in [0.717, 1.165) is 32.1 Å². The van der Waals surface area contributed by atoms with Crippen LogP contribution in [0.2, 0.25) is 0 Å². The van der Waals surface area contributed by atoms with Crippen molar-refractivity contribution in [2.45, 2.75) is 78.2 Å². The van der Waals surface area contributed by atoms with Gasteiger partial charge in [0.05, 0.1) is 13.0 Å². The Balaban J connectivity index is 3.84. The van der Waals surface area contributed by atoms with Crippen molar-refractivity contribution in [3.63, 3.8) is 0 Å². The molecule has 0 aliphatic rings. The molecule has 0 rings (SSSR count). The van der Waals surface area contributed by atoms with Crippen molar-refractivity contribution in [3.05, 3.63) is 0 Å². The summed E-state index contributed by atoms with van der Waals surface area (Å²) in [6.45, 7) is 6.50. The summed E-state index contributed by atoms with van der Waals surface area (Å²) < 4.78 is 10.4. The van der Waals surface area contributed by atoms with Crippen LogP contribution in [0, 0.1) is 0 Å². The first-order valence-corrected chi connectivity index (χ1v) is 7.49. The molecule has 4 nitrogen and oxygen atoms in total. The van der Waals surface area contributed by atoms with Crippen LogP contribution in [-0.2, 0) is 19.1 Å². The molecule has 1 unspecified atom stereocenters. The summed E-state index contributed by atoms with van der Waals surface area (Å²) in [5.41, 5.74) is 0. The molecule has 0 N–H and O–H groups in total. The monoisotopic (exact) mass is 272 g/mol. The smallest absolute Gasteiger partial charge is 0.309 e. The second kappa shape index (κ2) is 12.0. The molecule has 19 heavy (non-hydrogen) atoms. The van der Waals surface area contributed by atoms with E-state index >= 15 is 0 Å². The highest BCUT2D eigenvalue weighted by molar-refractivity contribution is 5.72. The van der Waals surface area contributed by atoms with Crippen LogP contribution in [0.5, 0.6) is 0 Å². The minimum Gasteiger partial charge on any atom is -0.466 e. The topological polar surface area (TPSA) is 52.6 Å². The largest absolute Gasteiger partial charge is 0.466 e. The van der Waals surface area contributed by atoms with Gasteiger partial charge in [-0.05, 0) is 19.3 Å². The van der Waals surface area contributed by atoms with Crippen molar-refractivity contribution in [2.75, 3.05) is 6.61 Å². The van der Waals surface area contributed by atoms with Gasteiger partial charge in [-0.15, -0.1) is 0 Å². The second-order valence-corrected chi connectivity index (χ2v) is 4.76. The Bertz CT molecular complexity index is 251. The maximum absolute atomic E-state index is 11.6. The SMILES string of the molecule is CCCCCOC(=O)CC(CC)OC(=O)CCCC. The number of carbonyl (C=O) groups excluding carboxylic acids is 2. The van der Waals surface area contributed by atoms with Crippen LogP contribution in [0.4, 0.5) is 0 Å². The summed E-state index contributed by atoms with van der Waals surface area (Å²) in [5, 5.41) is 0. The predicted molar refractivity (Wildman–Crippen MR) is 74.8 cm³/mol. The lowest BCUT2D eigenvalue weighted by Crippen LogP contribution is -2.22. The lowest BCUT2D eigenvalue weighted by molar-refractivity contribution is -0.155. The Kier molecular flexibility index (Phi) is 11.3. The minimum atomic E-state index is -0.344. The average Bonchev–Trinajstić information content (AvgIpc) is 2.40. The van der Waals surface area contributed by atoms with Gasteiger partial charge in [-0.1, -0.05) is 40.0 Å².